The maximum Gasteiger partial charge on any atom is 0.408 e. The predicted molar refractivity (Wildman–Crippen MR) is 115 cm³/mol. The first-order valence-corrected chi connectivity index (χ1v) is 9.92. The first-order valence-electron chi connectivity index (χ1n) is 9.14. The van der Waals surface area contributed by atoms with E-state index in [1.165, 1.54) is 11.5 Å². The van der Waals surface area contributed by atoms with Crippen molar-refractivity contribution < 1.29 is 14.3 Å². The van der Waals surface area contributed by atoms with Gasteiger partial charge in [-0.2, -0.15) is 9.64 Å². The van der Waals surface area contributed by atoms with Crippen molar-refractivity contribution >= 4 is 34.0 Å². The number of nitrogens with one attached hydrogen (secondary N) is 3. The van der Waals surface area contributed by atoms with Gasteiger partial charge in [0.25, 0.3) is 0 Å². The molecule has 0 aliphatic rings. The van der Waals surface area contributed by atoms with Crippen LogP contribution < -0.4 is 16.0 Å². The number of benzene rings is 1. The largest absolute Gasteiger partial charge is 0.444 e. The van der Waals surface area contributed by atoms with E-state index in [9.17, 15) is 10.1 Å². The van der Waals surface area contributed by atoms with Gasteiger partial charge in [0.15, 0.2) is 0 Å². The minimum atomic E-state index is -0.581. The number of aromatic nitrogens is 1. The van der Waals surface area contributed by atoms with Crippen LogP contribution in [0.25, 0.3) is 0 Å². The third-order valence-electron chi connectivity index (χ3n) is 3.79. The van der Waals surface area contributed by atoms with Gasteiger partial charge in [0.05, 0.1) is 23.0 Å². The van der Waals surface area contributed by atoms with Crippen LogP contribution in [0.15, 0.2) is 24.3 Å². The van der Waals surface area contributed by atoms with Gasteiger partial charge in [0.1, 0.15) is 22.9 Å². The summed E-state index contributed by atoms with van der Waals surface area (Å²) in [6, 6.07) is 9.05. The SMILES string of the molecule is COC(Nc1ccc(C#N)c(Nc2cc(C)ns2)c1)C(C)NC(=O)OC(C)(C)C. The summed E-state index contributed by atoms with van der Waals surface area (Å²) in [5, 5.41) is 19.5. The van der Waals surface area contributed by atoms with Crippen LogP contribution in [-0.4, -0.2) is 35.4 Å². The number of anilines is 3. The Morgan fingerprint density at radius 1 is 1.31 bits per heavy atom. The number of carbonyl (C=O) groups excluding carboxylic acids is 1. The average Bonchev–Trinajstić information content (AvgIpc) is 3.02. The summed E-state index contributed by atoms with van der Waals surface area (Å²) >= 11 is 1.33. The Morgan fingerprint density at radius 3 is 2.59 bits per heavy atom. The number of aryl methyl sites for hydroxylation is 1. The number of carbonyl (C=O) groups is 1. The van der Waals surface area contributed by atoms with Crippen LogP contribution in [0.4, 0.5) is 21.2 Å². The van der Waals surface area contributed by atoms with Gasteiger partial charge in [-0.1, -0.05) is 0 Å². The van der Waals surface area contributed by atoms with Crippen molar-refractivity contribution in [2.75, 3.05) is 17.7 Å². The van der Waals surface area contributed by atoms with Crippen molar-refractivity contribution in [3.05, 3.63) is 35.5 Å². The normalized spacial score (nSPS) is 13.1. The molecular weight excluding hydrogens is 390 g/mol. The van der Waals surface area contributed by atoms with E-state index >= 15 is 0 Å². The smallest absolute Gasteiger partial charge is 0.408 e. The first kappa shape index (κ1) is 22.5. The summed E-state index contributed by atoms with van der Waals surface area (Å²) in [7, 11) is 1.55. The molecule has 29 heavy (non-hydrogen) atoms. The fourth-order valence-electron chi connectivity index (χ4n) is 2.51. The quantitative estimate of drug-likeness (QED) is 0.574. The number of ether oxygens (including phenoxy) is 2. The third-order valence-corrected chi connectivity index (χ3v) is 4.58. The van der Waals surface area contributed by atoms with Crippen LogP contribution in [0, 0.1) is 18.3 Å². The number of alkyl carbamates (subject to hydrolysis) is 1. The Labute approximate surface area is 175 Å². The van der Waals surface area contributed by atoms with Crippen LogP contribution >= 0.6 is 11.5 Å². The summed E-state index contributed by atoms with van der Waals surface area (Å²) in [5.74, 6) is 0. The highest BCUT2D eigenvalue weighted by Gasteiger charge is 2.23. The number of rotatable bonds is 7. The molecule has 9 heteroatoms. The van der Waals surface area contributed by atoms with Gasteiger partial charge in [-0.15, -0.1) is 0 Å². The maximum absolute atomic E-state index is 12.0. The molecule has 0 spiro atoms. The van der Waals surface area contributed by atoms with E-state index in [0.29, 0.717) is 11.3 Å². The number of methoxy groups -OCH3 is 1. The molecule has 0 radical (unpaired) electrons. The molecule has 0 aliphatic heterocycles. The van der Waals surface area contributed by atoms with Crippen LogP contribution in [0.3, 0.4) is 0 Å². The van der Waals surface area contributed by atoms with Gasteiger partial charge in [0, 0.05) is 12.8 Å². The standard InChI is InChI=1S/C20H27N5O3S/c1-12-9-17(29-25-12)24-16-10-15(8-7-14(16)11-21)23-18(27-6)13(2)22-19(26)28-20(3,4)5/h7-10,13,18,23-24H,1-6H3,(H,22,26). The number of amides is 1. The summed E-state index contributed by atoms with van der Waals surface area (Å²) in [5.41, 5.74) is 2.23. The molecule has 1 aromatic heterocycles. The molecule has 2 rings (SSSR count). The molecule has 1 amide bonds. The van der Waals surface area contributed by atoms with Crippen LogP contribution in [0.1, 0.15) is 39.0 Å². The van der Waals surface area contributed by atoms with E-state index in [1.54, 1.807) is 40.0 Å². The highest BCUT2D eigenvalue weighted by Crippen LogP contribution is 2.27. The van der Waals surface area contributed by atoms with Crippen molar-refractivity contribution in [2.45, 2.75) is 52.5 Å². The average molecular weight is 418 g/mol. The summed E-state index contributed by atoms with van der Waals surface area (Å²) < 4.78 is 15.0. The van der Waals surface area contributed by atoms with Gasteiger partial charge < -0.3 is 25.4 Å². The topological polar surface area (TPSA) is 108 Å². The zero-order valence-electron chi connectivity index (χ0n) is 17.5. The molecule has 3 N–H and O–H groups in total. The molecule has 8 nitrogen and oxygen atoms in total. The lowest BCUT2D eigenvalue weighted by Crippen LogP contribution is -2.47. The maximum atomic E-state index is 12.0. The van der Waals surface area contributed by atoms with Crippen LogP contribution in [0.5, 0.6) is 0 Å². The van der Waals surface area contributed by atoms with Gasteiger partial charge in [-0.05, 0) is 70.4 Å². The number of hydrogen-bond donors (Lipinski definition) is 3. The zero-order valence-corrected chi connectivity index (χ0v) is 18.3. The molecule has 2 unspecified atom stereocenters. The summed E-state index contributed by atoms with van der Waals surface area (Å²) in [4.78, 5) is 12.0. The van der Waals surface area contributed by atoms with E-state index < -0.39 is 17.9 Å². The molecular formula is C20H27N5O3S. The fraction of sp³-hybridized carbons (Fsp3) is 0.450. The Kier molecular flexibility index (Phi) is 7.42. The predicted octanol–water partition coefficient (Wildman–Crippen LogP) is 4.36. The lowest BCUT2D eigenvalue weighted by molar-refractivity contribution is 0.0407. The monoisotopic (exact) mass is 417 g/mol. The van der Waals surface area contributed by atoms with E-state index in [1.807, 2.05) is 26.0 Å². The van der Waals surface area contributed by atoms with Gasteiger partial charge in [-0.25, -0.2) is 4.79 Å². The van der Waals surface area contributed by atoms with Crippen molar-refractivity contribution in [3.8, 4) is 6.07 Å². The summed E-state index contributed by atoms with van der Waals surface area (Å²) in [6.45, 7) is 9.14. The van der Waals surface area contributed by atoms with E-state index in [4.69, 9.17) is 9.47 Å². The Hall–Kier alpha value is -2.83. The third kappa shape index (κ3) is 6.93. The van der Waals surface area contributed by atoms with Crippen molar-refractivity contribution in [2.24, 2.45) is 0 Å². The molecule has 1 heterocycles. The minimum Gasteiger partial charge on any atom is -0.444 e. The number of nitriles is 1. The lowest BCUT2D eigenvalue weighted by Gasteiger charge is -2.27. The number of hydrogen-bond acceptors (Lipinski definition) is 8. The van der Waals surface area contributed by atoms with Crippen molar-refractivity contribution in [1.29, 1.82) is 5.26 Å². The minimum absolute atomic E-state index is 0.369. The second kappa shape index (κ2) is 9.58. The molecule has 0 saturated heterocycles. The molecule has 2 atom stereocenters. The molecule has 0 fully saturated rings. The molecule has 0 aliphatic carbocycles. The van der Waals surface area contributed by atoms with Crippen LogP contribution in [0.2, 0.25) is 0 Å². The Morgan fingerprint density at radius 2 is 2.03 bits per heavy atom. The number of nitrogens with zero attached hydrogens (tertiary/aromatic N) is 2. The van der Waals surface area contributed by atoms with Gasteiger partial charge in [-0.3, -0.25) is 0 Å². The second-order valence-electron chi connectivity index (χ2n) is 7.57. The molecule has 2 aromatic rings. The first-order chi connectivity index (χ1) is 13.6. The zero-order chi connectivity index (χ0) is 21.6. The van der Waals surface area contributed by atoms with E-state index in [2.05, 4.69) is 26.4 Å². The van der Waals surface area contributed by atoms with Gasteiger partial charge in [0.2, 0.25) is 0 Å². The molecule has 156 valence electrons. The molecule has 0 bridgehead atoms. The second-order valence-corrected chi connectivity index (χ2v) is 8.37. The highest BCUT2D eigenvalue weighted by molar-refractivity contribution is 7.10. The highest BCUT2D eigenvalue weighted by atomic mass is 32.1. The fourth-order valence-corrected chi connectivity index (χ4v) is 3.19. The van der Waals surface area contributed by atoms with Crippen LogP contribution in [-0.2, 0) is 9.47 Å². The van der Waals surface area contributed by atoms with Crippen molar-refractivity contribution in [1.82, 2.24) is 9.69 Å². The summed E-state index contributed by atoms with van der Waals surface area (Å²) in [6.07, 6.45) is -1.02. The van der Waals surface area contributed by atoms with E-state index in [-0.39, 0.29) is 6.04 Å². The van der Waals surface area contributed by atoms with E-state index in [0.717, 1.165) is 16.4 Å². The Bertz CT molecular complexity index is 885. The Balaban J connectivity index is 2.11. The molecule has 0 saturated carbocycles. The van der Waals surface area contributed by atoms with Crippen molar-refractivity contribution in [3.63, 3.8) is 0 Å². The lowest BCUT2D eigenvalue weighted by atomic mass is 10.1. The van der Waals surface area contributed by atoms with Gasteiger partial charge >= 0.3 is 6.09 Å². The molecule has 1 aromatic carbocycles.